The number of benzene rings is 1. The first kappa shape index (κ1) is 15.3. The number of alkyl halides is 2. The van der Waals surface area contributed by atoms with Gasteiger partial charge in [0.15, 0.2) is 6.10 Å². The third kappa shape index (κ3) is 2.29. The van der Waals surface area contributed by atoms with Crippen LogP contribution in [-0.4, -0.2) is 19.6 Å². The monoisotopic (exact) mass is 345 g/mol. The summed E-state index contributed by atoms with van der Waals surface area (Å²) in [6.07, 6.45) is 0.725. The molecule has 1 aromatic carbocycles. The van der Waals surface area contributed by atoms with Gasteiger partial charge in [-0.05, 0) is 24.6 Å². The molecular formula is C14H10ClF2NO3S. The van der Waals surface area contributed by atoms with Gasteiger partial charge in [-0.3, -0.25) is 4.98 Å². The van der Waals surface area contributed by atoms with Gasteiger partial charge in [0.2, 0.25) is 0 Å². The van der Waals surface area contributed by atoms with Gasteiger partial charge in [-0.25, -0.2) is 4.21 Å². The van der Waals surface area contributed by atoms with Gasteiger partial charge < -0.3 is 9.84 Å². The van der Waals surface area contributed by atoms with Gasteiger partial charge in [0.05, 0.1) is 16.1 Å². The molecule has 8 heteroatoms. The molecule has 2 heterocycles. The van der Waals surface area contributed by atoms with Gasteiger partial charge in [0.1, 0.15) is 22.3 Å². The fourth-order valence-corrected chi connectivity index (χ4v) is 3.72. The highest BCUT2D eigenvalue weighted by Gasteiger charge is 2.54. The van der Waals surface area contributed by atoms with Crippen LogP contribution in [0.4, 0.5) is 8.78 Å². The Bertz CT molecular complexity index is 785. The molecule has 4 nitrogen and oxygen atoms in total. The molecule has 1 N–H and O–H groups in total. The lowest BCUT2D eigenvalue weighted by Gasteiger charge is -2.15. The number of hydrogen-bond donors (Lipinski definition) is 1. The van der Waals surface area contributed by atoms with Crippen LogP contribution in [0.25, 0.3) is 0 Å². The maximum atomic E-state index is 13.7. The lowest BCUT2D eigenvalue weighted by Crippen LogP contribution is -2.24. The highest BCUT2D eigenvalue weighted by Crippen LogP contribution is 2.49. The molecule has 1 aliphatic heterocycles. The molecule has 1 aliphatic rings. The van der Waals surface area contributed by atoms with Crippen molar-refractivity contribution in [2.24, 2.45) is 0 Å². The molecule has 2 aromatic rings. The molecule has 0 saturated carbocycles. The first-order chi connectivity index (χ1) is 10.3. The maximum absolute atomic E-state index is 13.7. The Morgan fingerprint density at radius 1 is 1.41 bits per heavy atom. The Morgan fingerprint density at radius 2 is 2.14 bits per heavy atom. The number of hydrogen-bond acceptors (Lipinski definition) is 4. The predicted molar refractivity (Wildman–Crippen MR) is 76.8 cm³/mol. The standard InChI is InChI=1S/C14H10ClF2NO3S/c1-7-10(21-9-4-8(15)5-18-6-9)2-3-11-12(7)13(19)14(16,17)22(11)20/h2-6,13,19H,1H3/t13-,22?/m1/s1. The minimum atomic E-state index is -3.71. The van der Waals surface area contributed by atoms with Gasteiger partial charge in [-0.2, -0.15) is 8.78 Å². The molecule has 116 valence electrons. The van der Waals surface area contributed by atoms with Crippen molar-refractivity contribution in [2.75, 3.05) is 0 Å². The molecule has 2 atom stereocenters. The average molecular weight is 346 g/mol. The Labute approximate surface area is 132 Å². The van der Waals surface area contributed by atoms with Crippen LogP contribution in [0.2, 0.25) is 5.02 Å². The molecule has 0 bridgehead atoms. The van der Waals surface area contributed by atoms with Crippen molar-refractivity contribution in [3.8, 4) is 11.5 Å². The molecule has 3 rings (SSSR count). The van der Waals surface area contributed by atoms with Gasteiger partial charge in [-0.1, -0.05) is 11.6 Å². The predicted octanol–water partition coefficient (Wildman–Crippen LogP) is 3.58. The van der Waals surface area contributed by atoms with Crippen LogP contribution in [0.5, 0.6) is 11.5 Å². The molecule has 0 fully saturated rings. The Hall–Kier alpha value is -1.57. The van der Waals surface area contributed by atoms with Crippen molar-refractivity contribution < 1.29 is 22.8 Å². The fourth-order valence-electron chi connectivity index (χ4n) is 2.29. The number of aliphatic hydroxyl groups is 1. The van der Waals surface area contributed by atoms with Crippen LogP contribution < -0.4 is 4.74 Å². The molecule has 0 spiro atoms. The van der Waals surface area contributed by atoms with Crippen molar-refractivity contribution in [1.82, 2.24) is 4.98 Å². The maximum Gasteiger partial charge on any atom is 0.354 e. The Morgan fingerprint density at radius 3 is 2.82 bits per heavy atom. The van der Waals surface area contributed by atoms with Crippen LogP contribution in [0.3, 0.4) is 0 Å². The first-order valence-electron chi connectivity index (χ1n) is 6.22. The van der Waals surface area contributed by atoms with Crippen LogP contribution in [0.1, 0.15) is 17.2 Å². The molecule has 1 unspecified atom stereocenters. The van der Waals surface area contributed by atoms with E-state index in [4.69, 9.17) is 16.3 Å². The minimum absolute atomic E-state index is 0.0594. The van der Waals surface area contributed by atoms with E-state index in [1.165, 1.54) is 37.5 Å². The van der Waals surface area contributed by atoms with Crippen LogP contribution >= 0.6 is 11.6 Å². The summed E-state index contributed by atoms with van der Waals surface area (Å²) in [6, 6.07) is 4.22. The topological polar surface area (TPSA) is 59.4 Å². The number of rotatable bonds is 2. The number of aliphatic hydroxyl groups excluding tert-OH is 1. The largest absolute Gasteiger partial charge is 0.455 e. The number of fused-ring (bicyclic) bond motifs is 1. The van der Waals surface area contributed by atoms with Crippen LogP contribution in [0, 0.1) is 6.92 Å². The second-order valence-corrected chi connectivity index (χ2v) is 6.73. The van der Waals surface area contributed by atoms with Crippen molar-refractivity contribution in [1.29, 1.82) is 0 Å². The zero-order chi connectivity index (χ0) is 16.1. The van der Waals surface area contributed by atoms with E-state index >= 15 is 0 Å². The van der Waals surface area contributed by atoms with Crippen molar-refractivity contribution in [3.05, 3.63) is 46.7 Å². The van der Waals surface area contributed by atoms with E-state index in [-0.39, 0.29) is 16.2 Å². The van der Waals surface area contributed by atoms with Gasteiger partial charge in [0.25, 0.3) is 0 Å². The van der Waals surface area contributed by atoms with E-state index < -0.39 is 22.2 Å². The quantitative estimate of drug-likeness (QED) is 0.903. The van der Waals surface area contributed by atoms with E-state index in [2.05, 4.69) is 4.98 Å². The fraction of sp³-hybridized carbons (Fsp3) is 0.214. The highest BCUT2D eigenvalue weighted by molar-refractivity contribution is 7.86. The Kier molecular flexibility index (Phi) is 3.66. The van der Waals surface area contributed by atoms with Crippen molar-refractivity contribution >= 4 is 22.4 Å². The number of aromatic nitrogens is 1. The van der Waals surface area contributed by atoms with Crippen LogP contribution in [0.15, 0.2) is 35.5 Å². The zero-order valence-corrected chi connectivity index (χ0v) is 12.8. The molecule has 0 aliphatic carbocycles. The SMILES string of the molecule is Cc1c(Oc2cncc(Cl)c2)ccc2c1[C@@H](O)C(F)(F)S2=O. The van der Waals surface area contributed by atoms with Gasteiger partial charge >= 0.3 is 5.25 Å². The summed E-state index contributed by atoms with van der Waals surface area (Å²) < 4.78 is 44.7. The molecule has 22 heavy (non-hydrogen) atoms. The molecule has 0 radical (unpaired) electrons. The van der Waals surface area contributed by atoms with Gasteiger partial charge in [0, 0.05) is 17.8 Å². The lowest BCUT2D eigenvalue weighted by molar-refractivity contribution is -0.0347. The zero-order valence-electron chi connectivity index (χ0n) is 11.2. The lowest BCUT2D eigenvalue weighted by atomic mass is 10.0. The summed E-state index contributed by atoms with van der Waals surface area (Å²) in [7, 11) is -2.58. The summed E-state index contributed by atoms with van der Waals surface area (Å²) in [4.78, 5) is 3.78. The summed E-state index contributed by atoms with van der Waals surface area (Å²) in [5.74, 6) is 0.590. The number of pyridine rings is 1. The summed E-state index contributed by atoms with van der Waals surface area (Å²) in [5, 5.41) is 6.42. The van der Waals surface area contributed by atoms with E-state index in [9.17, 15) is 18.1 Å². The second-order valence-electron chi connectivity index (χ2n) is 4.77. The van der Waals surface area contributed by atoms with E-state index in [0.29, 0.717) is 16.3 Å². The Balaban J connectivity index is 2.04. The number of nitrogens with zero attached hydrogens (tertiary/aromatic N) is 1. The van der Waals surface area contributed by atoms with E-state index in [1.54, 1.807) is 0 Å². The average Bonchev–Trinajstić information content (AvgIpc) is 2.64. The first-order valence-corrected chi connectivity index (χ1v) is 7.75. The second kappa shape index (κ2) is 5.26. The van der Waals surface area contributed by atoms with E-state index in [1.807, 2.05) is 0 Å². The van der Waals surface area contributed by atoms with Crippen molar-refractivity contribution in [2.45, 2.75) is 23.2 Å². The van der Waals surface area contributed by atoms with E-state index in [0.717, 1.165) is 0 Å². The highest BCUT2D eigenvalue weighted by atomic mass is 35.5. The van der Waals surface area contributed by atoms with Gasteiger partial charge in [-0.15, -0.1) is 0 Å². The summed E-state index contributed by atoms with van der Waals surface area (Å²) in [5.41, 5.74) is 0.242. The number of halogens is 3. The third-order valence-corrected chi connectivity index (χ3v) is 5.05. The molecule has 0 amide bonds. The minimum Gasteiger partial charge on any atom is -0.455 e. The van der Waals surface area contributed by atoms with Crippen molar-refractivity contribution in [3.63, 3.8) is 0 Å². The summed E-state index contributed by atoms with van der Waals surface area (Å²) >= 11 is 5.80. The summed E-state index contributed by atoms with van der Waals surface area (Å²) in [6.45, 7) is 1.52. The third-order valence-electron chi connectivity index (χ3n) is 3.37. The molecular weight excluding hydrogens is 336 g/mol. The molecule has 0 saturated heterocycles. The van der Waals surface area contributed by atoms with Crippen LogP contribution in [-0.2, 0) is 10.8 Å². The smallest absolute Gasteiger partial charge is 0.354 e. The molecule has 1 aromatic heterocycles. The normalized spacial score (nSPS) is 22.4. The number of ether oxygens (including phenoxy) is 1.